The van der Waals surface area contributed by atoms with Crippen molar-refractivity contribution >= 4 is 10.0 Å². The topological polar surface area (TPSA) is 59.5 Å². The van der Waals surface area contributed by atoms with Crippen LogP contribution in [0.2, 0.25) is 0 Å². The van der Waals surface area contributed by atoms with Gasteiger partial charge in [0.1, 0.15) is 11.6 Å². The summed E-state index contributed by atoms with van der Waals surface area (Å²) in [6.45, 7) is 0.292. The molecule has 0 atom stereocenters. The number of hydrogen-bond acceptors (Lipinski definition) is 4. The number of hydrogen-bond donors (Lipinski definition) is 0. The van der Waals surface area contributed by atoms with Crippen molar-refractivity contribution in [3.05, 3.63) is 95.6 Å². The average Bonchev–Trinajstić information content (AvgIpc) is 2.68. The molecule has 0 spiro atoms. The van der Waals surface area contributed by atoms with Crippen LogP contribution in [-0.2, 0) is 28.9 Å². The fourth-order valence-corrected chi connectivity index (χ4v) is 4.37. The summed E-state index contributed by atoms with van der Waals surface area (Å²) in [5.41, 5.74) is 1.91. The third-order valence-electron chi connectivity index (χ3n) is 4.25. The number of halogens is 1. The third kappa shape index (κ3) is 5.15. The van der Waals surface area contributed by atoms with Gasteiger partial charge in [0.15, 0.2) is 0 Å². The number of methoxy groups -OCH3 is 1. The molecule has 28 heavy (non-hydrogen) atoms. The van der Waals surface area contributed by atoms with Gasteiger partial charge in [-0.2, -0.15) is 4.31 Å². The Balaban J connectivity index is 1.92. The zero-order valence-electron chi connectivity index (χ0n) is 15.5. The first-order chi connectivity index (χ1) is 13.5. The highest BCUT2D eigenvalue weighted by Crippen LogP contribution is 2.23. The van der Waals surface area contributed by atoms with E-state index in [9.17, 15) is 12.8 Å². The van der Waals surface area contributed by atoms with Crippen LogP contribution < -0.4 is 4.74 Å². The standard InChI is InChI=1S/C21H21FN2O3S/c1-27-21-10-3-2-8-19(21)15-24(14-18-7-5-11-23-13-18)28(25,26)16-17-6-4-9-20(22)12-17/h2-13H,14-16H2,1H3. The summed E-state index contributed by atoms with van der Waals surface area (Å²) in [4.78, 5) is 4.06. The van der Waals surface area contributed by atoms with Gasteiger partial charge in [0, 0.05) is 31.0 Å². The molecule has 0 amide bonds. The van der Waals surface area contributed by atoms with Crippen molar-refractivity contribution in [3.63, 3.8) is 0 Å². The molecule has 1 heterocycles. The Morgan fingerprint density at radius 2 is 1.79 bits per heavy atom. The molecular formula is C21H21FN2O3S. The molecule has 0 aliphatic rings. The van der Waals surface area contributed by atoms with E-state index in [2.05, 4.69) is 4.98 Å². The highest BCUT2D eigenvalue weighted by Gasteiger charge is 2.24. The molecule has 0 saturated carbocycles. The van der Waals surface area contributed by atoms with Crippen LogP contribution in [0.1, 0.15) is 16.7 Å². The molecule has 0 bridgehead atoms. The van der Waals surface area contributed by atoms with Crippen molar-refractivity contribution in [2.75, 3.05) is 7.11 Å². The lowest BCUT2D eigenvalue weighted by atomic mass is 10.2. The van der Waals surface area contributed by atoms with E-state index in [1.807, 2.05) is 24.3 Å². The van der Waals surface area contributed by atoms with Crippen LogP contribution in [0.5, 0.6) is 5.75 Å². The van der Waals surface area contributed by atoms with E-state index in [0.29, 0.717) is 11.3 Å². The van der Waals surface area contributed by atoms with Crippen LogP contribution in [0, 0.1) is 5.82 Å². The number of para-hydroxylation sites is 1. The Morgan fingerprint density at radius 1 is 1.00 bits per heavy atom. The van der Waals surface area contributed by atoms with Gasteiger partial charge >= 0.3 is 0 Å². The fraction of sp³-hybridized carbons (Fsp3) is 0.190. The quantitative estimate of drug-likeness (QED) is 0.578. The van der Waals surface area contributed by atoms with Crippen molar-refractivity contribution in [2.24, 2.45) is 0 Å². The summed E-state index contributed by atoms with van der Waals surface area (Å²) < 4.78 is 46.6. The maximum absolute atomic E-state index is 13.5. The van der Waals surface area contributed by atoms with Crippen LogP contribution in [-0.4, -0.2) is 24.8 Å². The number of sulfonamides is 1. The number of benzene rings is 2. The SMILES string of the molecule is COc1ccccc1CN(Cc1cccnc1)S(=O)(=O)Cc1cccc(F)c1. The van der Waals surface area contributed by atoms with E-state index in [4.69, 9.17) is 4.74 Å². The van der Waals surface area contributed by atoms with Gasteiger partial charge in [0.25, 0.3) is 0 Å². The molecule has 0 saturated heterocycles. The molecule has 0 radical (unpaired) electrons. The van der Waals surface area contributed by atoms with Gasteiger partial charge in [-0.3, -0.25) is 4.98 Å². The first-order valence-corrected chi connectivity index (χ1v) is 10.3. The summed E-state index contributed by atoms with van der Waals surface area (Å²) in [5.74, 6) is -0.143. The summed E-state index contributed by atoms with van der Waals surface area (Å²) >= 11 is 0. The maximum Gasteiger partial charge on any atom is 0.218 e. The zero-order valence-corrected chi connectivity index (χ0v) is 16.3. The Kier molecular flexibility index (Phi) is 6.38. The molecule has 146 valence electrons. The largest absolute Gasteiger partial charge is 0.496 e. The van der Waals surface area contributed by atoms with Crippen LogP contribution in [0.4, 0.5) is 4.39 Å². The van der Waals surface area contributed by atoms with Gasteiger partial charge in [-0.1, -0.05) is 36.4 Å². The minimum absolute atomic E-state index is 0.135. The van der Waals surface area contributed by atoms with E-state index in [1.165, 1.54) is 22.5 Å². The monoisotopic (exact) mass is 400 g/mol. The Labute approximate surface area is 164 Å². The molecule has 0 N–H and O–H groups in total. The van der Waals surface area contributed by atoms with Gasteiger partial charge in [-0.05, 0) is 35.4 Å². The molecular weight excluding hydrogens is 379 g/mol. The highest BCUT2D eigenvalue weighted by molar-refractivity contribution is 7.88. The molecule has 1 aromatic heterocycles. The van der Waals surface area contributed by atoms with Gasteiger partial charge in [-0.15, -0.1) is 0 Å². The molecule has 3 aromatic rings. The lowest BCUT2D eigenvalue weighted by molar-refractivity contribution is 0.375. The number of rotatable bonds is 8. The van der Waals surface area contributed by atoms with Crippen molar-refractivity contribution in [2.45, 2.75) is 18.8 Å². The van der Waals surface area contributed by atoms with Gasteiger partial charge in [0.05, 0.1) is 12.9 Å². The fourth-order valence-electron chi connectivity index (χ4n) is 2.90. The molecule has 2 aromatic carbocycles. The lowest BCUT2D eigenvalue weighted by Crippen LogP contribution is -2.31. The zero-order chi connectivity index (χ0) is 20.0. The Bertz CT molecular complexity index is 1030. The highest BCUT2D eigenvalue weighted by atomic mass is 32.2. The van der Waals surface area contributed by atoms with Crippen LogP contribution in [0.25, 0.3) is 0 Å². The van der Waals surface area contributed by atoms with Gasteiger partial charge in [-0.25, -0.2) is 12.8 Å². The van der Waals surface area contributed by atoms with Crippen molar-refractivity contribution in [3.8, 4) is 5.75 Å². The second-order valence-corrected chi connectivity index (χ2v) is 8.30. The summed E-state index contributed by atoms with van der Waals surface area (Å²) in [7, 11) is -2.18. The Hall–Kier alpha value is -2.77. The molecule has 0 unspecified atom stereocenters. The number of nitrogens with zero attached hydrogens (tertiary/aromatic N) is 2. The van der Waals surface area contributed by atoms with Crippen molar-refractivity contribution < 1.29 is 17.5 Å². The number of ether oxygens (including phenoxy) is 1. The number of aromatic nitrogens is 1. The summed E-state index contributed by atoms with van der Waals surface area (Å²) in [6.07, 6.45) is 3.27. The first-order valence-electron chi connectivity index (χ1n) is 8.71. The third-order valence-corrected chi connectivity index (χ3v) is 6.00. The second-order valence-electron chi connectivity index (χ2n) is 6.33. The van der Waals surface area contributed by atoms with E-state index in [-0.39, 0.29) is 18.8 Å². The van der Waals surface area contributed by atoms with Crippen molar-refractivity contribution in [1.82, 2.24) is 9.29 Å². The van der Waals surface area contributed by atoms with Crippen LogP contribution >= 0.6 is 0 Å². The van der Waals surface area contributed by atoms with Crippen LogP contribution in [0.15, 0.2) is 73.1 Å². The average molecular weight is 400 g/mol. The predicted molar refractivity (Wildman–Crippen MR) is 106 cm³/mol. The molecule has 0 aliphatic heterocycles. The van der Waals surface area contributed by atoms with Gasteiger partial charge < -0.3 is 4.74 Å². The molecule has 0 fully saturated rings. The van der Waals surface area contributed by atoms with E-state index < -0.39 is 15.8 Å². The predicted octanol–water partition coefficient (Wildman–Crippen LogP) is 3.76. The van der Waals surface area contributed by atoms with Gasteiger partial charge in [0.2, 0.25) is 10.0 Å². The maximum atomic E-state index is 13.5. The first kappa shape index (κ1) is 20.0. The normalized spacial score (nSPS) is 11.5. The number of pyridine rings is 1. The summed E-state index contributed by atoms with van der Waals surface area (Å²) in [5, 5.41) is 0. The molecule has 3 rings (SSSR count). The minimum atomic E-state index is -3.73. The van der Waals surface area contributed by atoms with Crippen LogP contribution in [0.3, 0.4) is 0 Å². The summed E-state index contributed by atoms with van der Waals surface area (Å²) in [6, 6.07) is 16.5. The lowest BCUT2D eigenvalue weighted by Gasteiger charge is -2.23. The van der Waals surface area contributed by atoms with Crippen molar-refractivity contribution in [1.29, 1.82) is 0 Å². The Morgan fingerprint density at radius 3 is 2.50 bits per heavy atom. The molecule has 0 aliphatic carbocycles. The smallest absolute Gasteiger partial charge is 0.218 e. The molecule has 5 nitrogen and oxygen atoms in total. The minimum Gasteiger partial charge on any atom is -0.496 e. The molecule has 7 heteroatoms. The van der Waals surface area contributed by atoms with E-state index in [1.54, 1.807) is 37.7 Å². The van der Waals surface area contributed by atoms with E-state index in [0.717, 1.165) is 11.1 Å². The van der Waals surface area contributed by atoms with E-state index >= 15 is 0 Å². The second kappa shape index (κ2) is 8.95.